The largest absolute Gasteiger partial charge is 0.481 e. The highest BCUT2D eigenvalue weighted by atomic mass is 19.4. The summed E-state index contributed by atoms with van der Waals surface area (Å²) in [4.78, 5) is 37.6. The molecule has 0 aliphatic heterocycles. The molecule has 1 aromatic carbocycles. The van der Waals surface area contributed by atoms with E-state index in [9.17, 15) is 32.7 Å². The highest BCUT2D eigenvalue weighted by Crippen LogP contribution is 2.32. The van der Waals surface area contributed by atoms with E-state index in [0.29, 0.717) is 17.7 Å². The number of carboxylic acid groups (broad SMARTS) is 1. The number of hydrogen-bond acceptors (Lipinski definition) is 4. The molecule has 0 saturated heterocycles. The summed E-state index contributed by atoms with van der Waals surface area (Å²) in [6, 6.07) is 9.72. The van der Waals surface area contributed by atoms with E-state index in [-0.39, 0.29) is 23.2 Å². The average molecular weight is 436 g/mol. The molecule has 0 saturated carbocycles. The lowest BCUT2D eigenvalue weighted by Crippen LogP contribution is -2.28. The van der Waals surface area contributed by atoms with Crippen molar-refractivity contribution in [2.24, 2.45) is 7.05 Å². The minimum atomic E-state index is -4.73. The van der Waals surface area contributed by atoms with Crippen LogP contribution in [0.1, 0.15) is 33.5 Å². The number of Topliss-reactive ketones (excluding diaryl/α,β-unsaturated/α-hetero) is 1. The van der Waals surface area contributed by atoms with Gasteiger partial charge < -0.3 is 19.0 Å². The Balaban J connectivity index is 2.22. The third-order valence-corrected chi connectivity index (χ3v) is 4.85. The van der Waals surface area contributed by atoms with Crippen molar-refractivity contribution in [1.82, 2.24) is 9.13 Å². The normalized spacial score (nSPS) is 11.6. The maximum atomic E-state index is 13.3. The number of hydrogen-bond donors (Lipinski definition) is 1. The number of nitrogens with zero attached hydrogens (tertiary/aromatic N) is 2. The van der Waals surface area contributed by atoms with Gasteiger partial charge in [0, 0.05) is 18.3 Å². The molecule has 0 aliphatic carbocycles. The van der Waals surface area contributed by atoms with Gasteiger partial charge in [-0.15, -0.1) is 0 Å². The fraction of sp³-hybridized carbons (Fsp3) is 0.286. The number of halogens is 3. The second-order valence-corrected chi connectivity index (χ2v) is 6.88. The molecule has 10 heteroatoms. The van der Waals surface area contributed by atoms with Gasteiger partial charge in [0.15, 0.2) is 23.8 Å². The van der Waals surface area contributed by atoms with Crippen molar-refractivity contribution >= 4 is 22.7 Å². The number of aryl methyl sites for hydroxylation is 2. The molecule has 1 N–H and O–H groups in total. The minimum Gasteiger partial charge on any atom is -0.481 e. The fourth-order valence-corrected chi connectivity index (χ4v) is 3.41. The SMILES string of the molecule is CCc1cc2c(c(OCC(F)(F)F)c(C(=O)O)n2C)c(=O)n1CC(=O)c1ccccc1. The number of aromatic nitrogens is 2. The monoisotopic (exact) mass is 436 g/mol. The Morgan fingerprint density at radius 1 is 1.16 bits per heavy atom. The van der Waals surface area contributed by atoms with Gasteiger partial charge in [-0.05, 0) is 12.5 Å². The van der Waals surface area contributed by atoms with Crippen molar-refractivity contribution < 1.29 is 32.6 Å². The Bertz CT molecular complexity index is 1210. The molecule has 2 heterocycles. The summed E-state index contributed by atoms with van der Waals surface area (Å²) in [6.45, 7) is -0.367. The zero-order valence-corrected chi connectivity index (χ0v) is 16.7. The zero-order chi connectivity index (χ0) is 22.9. The van der Waals surface area contributed by atoms with Gasteiger partial charge in [-0.1, -0.05) is 37.3 Å². The van der Waals surface area contributed by atoms with E-state index in [4.69, 9.17) is 4.74 Å². The second kappa shape index (κ2) is 8.29. The lowest BCUT2D eigenvalue weighted by molar-refractivity contribution is -0.153. The van der Waals surface area contributed by atoms with Gasteiger partial charge in [-0.3, -0.25) is 9.59 Å². The Morgan fingerprint density at radius 3 is 2.35 bits per heavy atom. The number of pyridine rings is 1. The molecule has 0 bridgehead atoms. The first-order valence-electron chi connectivity index (χ1n) is 9.31. The molecule has 31 heavy (non-hydrogen) atoms. The summed E-state index contributed by atoms with van der Waals surface area (Å²) in [6.07, 6.45) is -4.40. The highest BCUT2D eigenvalue weighted by Gasteiger charge is 2.32. The average Bonchev–Trinajstić information content (AvgIpc) is 3.00. The molecule has 0 aliphatic rings. The van der Waals surface area contributed by atoms with Crippen LogP contribution in [0.2, 0.25) is 0 Å². The van der Waals surface area contributed by atoms with Crippen LogP contribution in [0, 0.1) is 0 Å². The van der Waals surface area contributed by atoms with Gasteiger partial charge >= 0.3 is 12.1 Å². The van der Waals surface area contributed by atoms with Crippen LogP contribution in [0.3, 0.4) is 0 Å². The topological polar surface area (TPSA) is 90.5 Å². The number of carbonyl (C=O) groups excluding carboxylic acids is 1. The van der Waals surface area contributed by atoms with Gasteiger partial charge in [0.1, 0.15) is 5.39 Å². The van der Waals surface area contributed by atoms with Crippen LogP contribution < -0.4 is 10.3 Å². The van der Waals surface area contributed by atoms with Crippen LogP contribution in [0.25, 0.3) is 10.9 Å². The van der Waals surface area contributed by atoms with E-state index in [1.807, 2.05) is 0 Å². The number of alkyl halides is 3. The Hall–Kier alpha value is -3.56. The first-order chi connectivity index (χ1) is 14.5. The van der Waals surface area contributed by atoms with E-state index >= 15 is 0 Å². The van der Waals surface area contributed by atoms with Crippen molar-refractivity contribution in [2.45, 2.75) is 26.1 Å². The molecule has 0 unspecified atom stereocenters. The molecule has 0 amide bonds. The predicted octanol–water partition coefficient (Wildman–Crippen LogP) is 3.42. The summed E-state index contributed by atoms with van der Waals surface area (Å²) in [5.41, 5.74) is -0.463. The van der Waals surface area contributed by atoms with E-state index < -0.39 is 35.8 Å². The third-order valence-electron chi connectivity index (χ3n) is 4.85. The number of ether oxygens (including phenoxy) is 1. The smallest absolute Gasteiger partial charge is 0.422 e. The summed E-state index contributed by atoms with van der Waals surface area (Å²) in [5.74, 6) is -2.58. The van der Waals surface area contributed by atoms with Crippen LogP contribution in [0.5, 0.6) is 5.75 Å². The van der Waals surface area contributed by atoms with Gasteiger partial charge in [-0.25, -0.2) is 4.79 Å². The van der Waals surface area contributed by atoms with Gasteiger partial charge in [-0.2, -0.15) is 13.2 Å². The summed E-state index contributed by atoms with van der Waals surface area (Å²) >= 11 is 0. The number of fused-ring (bicyclic) bond motifs is 1. The van der Waals surface area contributed by atoms with Crippen LogP contribution >= 0.6 is 0 Å². The Morgan fingerprint density at radius 2 is 1.81 bits per heavy atom. The fourth-order valence-electron chi connectivity index (χ4n) is 3.41. The van der Waals surface area contributed by atoms with E-state index in [0.717, 1.165) is 9.13 Å². The first kappa shape index (κ1) is 22.1. The van der Waals surface area contributed by atoms with E-state index in [1.54, 1.807) is 37.3 Å². The van der Waals surface area contributed by atoms with E-state index in [1.165, 1.54) is 13.1 Å². The number of benzene rings is 1. The maximum Gasteiger partial charge on any atom is 0.422 e. The number of ketones is 1. The number of carbonyl (C=O) groups is 2. The molecular weight excluding hydrogens is 417 g/mol. The third kappa shape index (κ3) is 4.32. The molecule has 2 aromatic heterocycles. The summed E-state index contributed by atoms with van der Waals surface area (Å²) in [7, 11) is 1.32. The van der Waals surface area contributed by atoms with Gasteiger partial charge in [0.05, 0.1) is 12.1 Å². The van der Waals surface area contributed by atoms with Crippen molar-refractivity contribution in [3.05, 3.63) is 63.7 Å². The van der Waals surface area contributed by atoms with Crippen molar-refractivity contribution in [3.8, 4) is 5.75 Å². The molecule has 7 nitrogen and oxygen atoms in total. The molecule has 0 radical (unpaired) electrons. The lowest BCUT2D eigenvalue weighted by Gasteiger charge is -2.13. The molecule has 0 spiro atoms. The molecule has 3 rings (SSSR count). The first-order valence-corrected chi connectivity index (χ1v) is 9.31. The van der Waals surface area contributed by atoms with Gasteiger partial charge in [0.25, 0.3) is 5.56 Å². The van der Waals surface area contributed by atoms with Crippen molar-refractivity contribution in [2.75, 3.05) is 6.61 Å². The maximum absolute atomic E-state index is 13.3. The number of carboxylic acids is 1. The number of aromatic carboxylic acids is 1. The van der Waals surface area contributed by atoms with Crippen LogP contribution in [-0.2, 0) is 20.0 Å². The molecule has 3 aromatic rings. The predicted molar refractivity (Wildman–Crippen MR) is 106 cm³/mol. The quantitative estimate of drug-likeness (QED) is 0.573. The molecule has 0 fully saturated rings. The van der Waals surface area contributed by atoms with E-state index in [2.05, 4.69) is 0 Å². The minimum absolute atomic E-state index is 0.111. The highest BCUT2D eigenvalue weighted by molar-refractivity contribution is 6.01. The standard InChI is InChI=1S/C21H19F3N2O5/c1-3-13-9-14-16(18(31-11-21(22,23)24)17(20(29)30)25(14)2)19(28)26(13)10-15(27)12-7-5-4-6-8-12/h4-9H,3,10-11H2,1-2H3,(H,29,30). The van der Waals surface area contributed by atoms with Crippen LogP contribution in [0.4, 0.5) is 13.2 Å². The summed E-state index contributed by atoms with van der Waals surface area (Å²) in [5, 5.41) is 9.20. The van der Waals surface area contributed by atoms with Crippen LogP contribution in [0.15, 0.2) is 41.2 Å². The lowest BCUT2D eigenvalue weighted by atomic mass is 10.1. The molecule has 0 atom stereocenters. The summed E-state index contributed by atoms with van der Waals surface area (Å²) < 4.78 is 45.2. The second-order valence-electron chi connectivity index (χ2n) is 6.88. The molecular formula is C21H19F3N2O5. The van der Waals surface area contributed by atoms with Crippen LogP contribution in [-0.4, -0.2) is 38.8 Å². The van der Waals surface area contributed by atoms with Crippen molar-refractivity contribution in [1.29, 1.82) is 0 Å². The number of rotatable bonds is 7. The Kier molecular flexibility index (Phi) is 5.92. The Labute approximate surface area is 174 Å². The zero-order valence-electron chi connectivity index (χ0n) is 16.7. The van der Waals surface area contributed by atoms with Crippen molar-refractivity contribution in [3.63, 3.8) is 0 Å². The molecule has 164 valence electrons. The van der Waals surface area contributed by atoms with Gasteiger partial charge in [0.2, 0.25) is 0 Å².